The number of benzene rings is 1. The molecule has 2 atom stereocenters. The summed E-state index contributed by atoms with van der Waals surface area (Å²) in [7, 11) is 2.12. The summed E-state index contributed by atoms with van der Waals surface area (Å²) < 4.78 is 5.64. The lowest BCUT2D eigenvalue weighted by atomic mass is 10.0. The zero-order valence-electron chi connectivity index (χ0n) is 13.9. The molecule has 7 N–H and O–H groups in total. The minimum absolute atomic E-state index is 0.129. The van der Waals surface area contributed by atoms with Crippen molar-refractivity contribution in [1.82, 2.24) is 9.80 Å². The van der Waals surface area contributed by atoms with Crippen molar-refractivity contribution < 1.29 is 9.84 Å². The average molecular weight is 331 g/mol. The van der Waals surface area contributed by atoms with Gasteiger partial charge in [0.1, 0.15) is 11.6 Å². The van der Waals surface area contributed by atoms with Crippen LogP contribution in [0.2, 0.25) is 0 Å². The highest BCUT2D eigenvalue weighted by molar-refractivity contribution is 5.69. The fraction of sp³-hybridized carbons (Fsp3) is 0.412. The van der Waals surface area contributed by atoms with Crippen LogP contribution in [0.3, 0.4) is 0 Å². The number of phenols is 1. The Morgan fingerprint density at radius 2 is 1.79 bits per heavy atom. The summed E-state index contributed by atoms with van der Waals surface area (Å²) in [5.41, 5.74) is 19.7. The van der Waals surface area contributed by atoms with Gasteiger partial charge in [0.25, 0.3) is 0 Å². The molecule has 2 aliphatic rings. The predicted molar refractivity (Wildman–Crippen MR) is 93.4 cm³/mol. The largest absolute Gasteiger partial charge is 0.507 e. The molecule has 3 rings (SSSR count). The first-order chi connectivity index (χ1) is 11.5. The monoisotopic (exact) mass is 331 g/mol. The molecule has 2 bridgehead atoms. The number of ether oxygens (including phenoxy) is 1. The van der Waals surface area contributed by atoms with E-state index in [2.05, 4.69) is 16.8 Å². The minimum atomic E-state index is 0.129. The number of likely N-dealkylation sites (N-methyl/N-ethyl adjacent to an activating group) is 1. The normalized spacial score (nSPS) is 24.7. The van der Waals surface area contributed by atoms with Gasteiger partial charge in [-0.2, -0.15) is 0 Å². The lowest BCUT2D eigenvalue weighted by Crippen LogP contribution is -2.62. The maximum atomic E-state index is 9.97. The third-order valence-electron chi connectivity index (χ3n) is 4.78. The Morgan fingerprint density at radius 1 is 1.17 bits per heavy atom. The van der Waals surface area contributed by atoms with E-state index >= 15 is 0 Å². The molecule has 1 aromatic carbocycles. The standard InChI is InChI=1S/C17H25N5O2/c1-21-11-7-22(8-12(21)10-24-9-11)15(17(19)20)6-14(18)13-4-2-3-5-16(13)23/h2-6,11-12,23H,7-10,18-20H2,1H3/b14-6-. The van der Waals surface area contributed by atoms with Gasteiger partial charge in [-0.1, -0.05) is 12.1 Å². The van der Waals surface area contributed by atoms with E-state index in [0.717, 1.165) is 13.1 Å². The molecule has 1 aromatic rings. The molecule has 0 spiro atoms. The van der Waals surface area contributed by atoms with Crippen molar-refractivity contribution in [2.45, 2.75) is 12.1 Å². The van der Waals surface area contributed by atoms with Gasteiger partial charge in [0.15, 0.2) is 0 Å². The van der Waals surface area contributed by atoms with Crippen molar-refractivity contribution in [3.63, 3.8) is 0 Å². The molecule has 0 aliphatic carbocycles. The lowest BCUT2D eigenvalue weighted by Gasteiger charge is -2.49. The van der Waals surface area contributed by atoms with Crippen LogP contribution < -0.4 is 17.2 Å². The molecular formula is C17H25N5O2. The number of hydrogen-bond acceptors (Lipinski definition) is 7. The number of piperazine rings is 1. The fourth-order valence-corrected chi connectivity index (χ4v) is 3.32. The molecule has 24 heavy (non-hydrogen) atoms. The molecule has 2 aliphatic heterocycles. The van der Waals surface area contributed by atoms with Crippen molar-refractivity contribution in [2.24, 2.45) is 17.2 Å². The maximum Gasteiger partial charge on any atom is 0.124 e. The summed E-state index contributed by atoms with van der Waals surface area (Å²) in [5, 5.41) is 9.97. The van der Waals surface area contributed by atoms with E-state index in [0.29, 0.717) is 42.3 Å². The summed E-state index contributed by atoms with van der Waals surface area (Å²) >= 11 is 0. The highest BCUT2D eigenvalue weighted by atomic mass is 16.5. The number of hydrogen-bond donors (Lipinski definition) is 4. The molecule has 130 valence electrons. The van der Waals surface area contributed by atoms with Gasteiger partial charge in [0.2, 0.25) is 0 Å². The maximum absolute atomic E-state index is 9.97. The van der Waals surface area contributed by atoms with Crippen LogP contribution in [-0.4, -0.2) is 60.3 Å². The number of nitrogens with zero attached hydrogens (tertiary/aromatic N) is 2. The number of morpholine rings is 1. The van der Waals surface area contributed by atoms with Crippen molar-refractivity contribution in [3.8, 4) is 5.75 Å². The first-order valence-corrected chi connectivity index (χ1v) is 8.02. The zero-order valence-corrected chi connectivity index (χ0v) is 13.9. The van der Waals surface area contributed by atoms with E-state index in [-0.39, 0.29) is 11.6 Å². The van der Waals surface area contributed by atoms with Crippen molar-refractivity contribution in [2.75, 3.05) is 33.4 Å². The van der Waals surface area contributed by atoms with E-state index in [4.69, 9.17) is 21.9 Å². The molecule has 2 saturated heterocycles. The molecular weight excluding hydrogens is 306 g/mol. The number of rotatable bonds is 3. The Labute approximate surface area is 142 Å². The second kappa shape index (κ2) is 6.62. The molecule has 7 nitrogen and oxygen atoms in total. The molecule has 0 aromatic heterocycles. The van der Waals surface area contributed by atoms with Crippen LogP contribution in [-0.2, 0) is 4.74 Å². The molecule has 2 unspecified atom stereocenters. The summed E-state index contributed by atoms with van der Waals surface area (Å²) in [6.45, 7) is 2.93. The molecule has 0 amide bonds. The van der Waals surface area contributed by atoms with Gasteiger partial charge in [0.05, 0.1) is 31.0 Å². The van der Waals surface area contributed by atoms with Crippen LogP contribution in [0.1, 0.15) is 5.56 Å². The molecule has 0 radical (unpaired) electrons. The van der Waals surface area contributed by atoms with Crippen LogP contribution in [0, 0.1) is 0 Å². The lowest BCUT2D eigenvalue weighted by molar-refractivity contribution is -0.0775. The van der Waals surface area contributed by atoms with Crippen LogP contribution in [0.15, 0.2) is 41.9 Å². The fourth-order valence-electron chi connectivity index (χ4n) is 3.32. The van der Waals surface area contributed by atoms with Gasteiger partial charge in [-0.25, -0.2) is 0 Å². The molecule has 2 fully saturated rings. The third-order valence-corrected chi connectivity index (χ3v) is 4.78. The van der Waals surface area contributed by atoms with Gasteiger partial charge in [0, 0.05) is 24.4 Å². The second-order valence-electron chi connectivity index (χ2n) is 6.37. The number of para-hydroxylation sites is 1. The van der Waals surface area contributed by atoms with Gasteiger partial charge in [-0.15, -0.1) is 0 Å². The number of allylic oxidation sites excluding steroid dienone is 1. The third kappa shape index (κ3) is 3.13. The highest BCUT2D eigenvalue weighted by Gasteiger charge is 2.36. The molecule has 7 heteroatoms. The Morgan fingerprint density at radius 3 is 2.38 bits per heavy atom. The number of aromatic hydroxyl groups is 1. The van der Waals surface area contributed by atoms with Gasteiger partial charge in [-0.05, 0) is 25.3 Å². The van der Waals surface area contributed by atoms with Crippen LogP contribution in [0.5, 0.6) is 5.75 Å². The first-order valence-electron chi connectivity index (χ1n) is 8.02. The topological polar surface area (TPSA) is 114 Å². The highest BCUT2D eigenvalue weighted by Crippen LogP contribution is 2.26. The Bertz CT molecular complexity index is 655. The summed E-state index contributed by atoms with van der Waals surface area (Å²) in [6.07, 6.45) is 1.74. The second-order valence-corrected chi connectivity index (χ2v) is 6.37. The van der Waals surface area contributed by atoms with E-state index in [1.165, 1.54) is 0 Å². The zero-order chi connectivity index (χ0) is 17.3. The van der Waals surface area contributed by atoms with Crippen LogP contribution in [0.4, 0.5) is 0 Å². The Kier molecular flexibility index (Phi) is 4.55. The van der Waals surface area contributed by atoms with E-state index < -0.39 is 0 Å². The molecule has 2 heterocycles. The van der Waals surface area contributed by atoms with Gasteiger partial charge in [-0.3, -0.25) is 4.90 Å². The van der Waals surface area contributed by atoms with E-state index in [1.807, 2.05) is 6.07 Å². The predicted octanol–water partition coefficient (Wildman–Crippen LogP) is -0.207. The molecule has 0 saturated carbocycles. The van der Waals surface area contributed by atoms with E-state index in [9.17, 15) is 5.11 Å². The van der Waals surface area contributed by atoms with Crippen LogP contribution in [0.25, 0.3) is 5.70 Å². The Hall–Kier alpha value is -2.38. The van der Waals surface area contributed by atoms with Crippen LogP contribution >= 0.6 is 0 Å². The summed E-state index contributed by atoms with van der Waals surface area (Å²) in [5.74, 6) is 0.349. The number of nitrogens with two attached hydrogens (primary N) is 3. The van der Waals surface area contributed by atoms with Crippen molar-refractivity contribution >= 4 is 5.70 Å². The van der Waals surface area contributed by atoms with Crippen molar-refractivity contribution in [3.05, 3.63) is 47.4 Å². The SMILES string of the molecule is CN1C2COCC1CN(C(/C=C(\N)c1ccccc1O)=C(N)N)C2. The smallest absolute Gasteiger partial charge is 0.124 e. The summed E-state index contributed by atoms with van der Waals surface area (Å²) in [6, 6.07) is 7.53. The minimum Gasteiger partial charge on any atom is -0.507 e. The number of phenolic OH excluding ortho intramolecular Hbond substituents is 1. The Balaban J connectivity index is 1.88. The summed E-state index contributed by atoms with van der Waals surface area (Å²) in [4.78, 5) is 4.50. The van der Waals surface area contributed by atoms with Gasteiger partial charge < -0.3 is 31.9 Å². The van der Waals surface area contributed by atoms with E-state index in [1.54, 1.807) is 24.3 Å². The number of fused-ring (bicyclic) bond motifs is 2. The first kappa shape index (κ1) is 16.5. The quantitative estimate of drug-likeness (QED) is 0.567. The van der Waals surface area contributed by atoms with Crippen molar-refractivity contribution in [1.29, 1.82) is 0 Å². The van der Waals surface area contributed by atoms with Gasteiger partial charge >= 0.3 is 0 Å². The average Bonchev–Trinajstić information content (AvgIpc) is 2.52.